The fraction of sp³-hybridized carbons (Fsp3) is 0.560. The van der Waals surface area contributed by atoms with Gasteiger partial charge in [-0.25, -0.2) is 36.5 Å². The number of halogens is 5. The summed E-state index contributed by atoms with van der Waals surface area (Å²) in [6.07, 6.45) is -1.39. The summed E-state index contributed by atoms with van der Waals surface area (Å²) in [7, 11) is -3.97. The molecular formula is C25H31F5N4O4S. The van der Waals surface area contributed by atoms with Gasteiger partial charge in [0.2, 0.25) is 16.4 Å². The highest BCUT2D eigenvalue weighted by Crippen LogP contribution is 2.35. The van der Waals surface area contributed by atoms with E-state index in [0.29, 0.717) is 30.4 Å². The van der Waals surface area contributed by atoms with Crippen LogP contribution in [-0.4, -0.2) is 63.8 Å². The number of amides is 1. The number of carbonyl (C=O) groups excluding carboxylic acids is 1. The van der Waals surface area contributed by atoms with E-state index in [9.17, 15) is 40.4 Å². The molecule has 8 nitrogen and oxygen atoms in total. The van der Waals surface area contributed by atoms with Crippen LogP contribution >= 0.6 is 0 Å². The van der Waals surface area contributed by atoms with Gasteiger partial charge in [-0.2, -0.15) is 13.2 Å². The Kier molecular flexibility index (Phi) is 9.65. The Morgan fingerprint density at radius 3 is 2.33 bits per heavy atom. The Labute approximate surface area is 223 Å². The Morgan fingerprint density at radius 2 is 1.77 bits per heavy atom. The van der Waals surface area contributed by atoms with Crippen LogP contribution in [0.1, 0.15) is 62.4 Å². The fourth-order valence-electron chi connectivity index (χ4n) is 5.02. The molecule has 0 saturated carbocycles. The third-order valence-electron chi connectivity index (χ3n) is 7.14. The van der Waals surface area contributed by atoms with Crippen LogP contribution in [0.2, 0.25) is 0 Å². The zero-order valence-electron chi connectivity index (χ0n) is 21.5. The molecule has 2 heterocycles. The molecule has 0 bridgehead atoms. The number of aryl methyl sites for hydroxylation is 1. The first-order valence-corrected chi connectivity index (χ1v) is 14.0. The van der Waals surface area contributed by atoms with Crippen LogP contribution in [0.15, 0.2) is 30.6 Å². The largest absolute Gasteiger partial charge is 0.416 e. The van der Waals surface area contributed by atoms with Gasteiger partial charge < -0.3 is 0 Å². The summed E-state index contributed by atoms with van der Waals surface area (Å²) in [6.45, 7) is 3.32. The number of nitrogens with zero attached hydrogens (tertiary/aromatic N) is 4. The summed E-state index contributed by atoms with van der Waals surface area (Å²) >= 11 is 0. The molecule has 216 valence electrons. The molecule has 0 unspecified atom stereocenters. The number of alkyl halides is 3. The quantitative estimate of drug-likeness (QED) is 0.182. The SMILES string of the molecule is C[C@@H](C[C@@](C)(CS(=O)(=O)N1CCC(CCc2ccc(F)cc2C(F)(F)F)CC1)N(O)C=O)c1ncc(F)cn1. The van der Waals surface area contributed by atoms with Gasteiger partial charge in [0.1, 0.15) is 11.6 Å². The van der Waals surface area contributed by atoms with Crippen molar-refractivity contribution in [3.05, 3.63) is 59.2 Å². The van der Waals surface area contributed by atoms with Crippen LogP contribution in [0.4, 0.5) is 22.0 Å². The molecule has 14 heteroatoms. The molecule has 2 atom stereocenters. The van der Waals surface area contributed by atoms with Crippen molar-refractivity contribution in [2.45, 2.75) is 63.6 Å². The molecule has 1 aliphatic rings. The molecule has 0 aliphatic carbocycles. The second-order valence-corrected chi connectivity index (χ2v) is 12.2. The maximum atomic E-state index is 13.4. The Balaban J connectivity index is 1.63. The van der Waals surface area contributed by atoms with E-state index in [1.807, 2.05) is 0 Å². The average Bonchev–Trinajstić information content (AvgIpc) is 2.87. The molecule has 1 fully saturated rings. The van der Waals surface area contributed by atoms with E-state index >= 15 is 0 Å². The van der Waals surface area contributed by atoms with Crippen molar-refractivity contribution in [2.24, 2.45) is 5.92 Å². The number of piperidine rings is 1. The molecule has 1 aliphatic heterocycles. The van der Waals surface area contributed by atoms with E-state index in [1.54, 1.807) is 6.92 Å². The zero-order chi connectivity index (χ0) is 29.0. The van der Waals surface area contributed by atoms with Crippen molar-refractivity contribution in [1.82, 2.24) is 19.3 Å². The van der Waals surface area contributed by atoms with Gasteiger partial charge in [-0.1, -0.05) is 13.0 Å². The normalized spacial score (nSPS) is 17.9. The van der Waals surface area contributed by atoms with Crippen LogP contribution in [0.25, 0.3) is 0 Å². The topological polar surface area (TPSA) is 104 Å². The van der Waals surface area contributed by atoms with Gasteiger partial charge in [0.25, 0.3) is 0 Å². The zero-order valence-corrected chi connectivity index (χ0v) is 22.4. The van der Waals surface area contributed by atoms with Crippen molar-refractivity contribution in [3.63, 3.8) is 0 Å². The Morgan fingerprint density at radius 1 is 1.15 bits per heavy atom. The lowest BCUT2D eigenvalue weighted by atomic mass is 9.90. The molecule has 1 aromatic heterocycles. The second-order valence-electron chi connectivity index (χ2n) is 10.2. The molecule has 0 radical (unpaired) electrons. The lowest BCUT2D eigenvalue weighted by Gasteiger charge is -2.38. The molecular weight excluding hydrogens is 547 g/mol. The van der Waals surface area contributed by atoms with Gasteiger partial charge in [0.15, 0.2) is 5.82 Å². The Hall–Kier alpha value is -2.71. The maximum Gasteiger partial charge on any atom is 0.416 e. The highest BCUT2D eigenvalue weighted by Gasteiger charge is 2.41. The first-order valence-electron chi connectivity index (χ1n) is 12.4. The number of hydroxylamine groups is 2. The van der Waals surface area contributed by atoms with Gasteiger partial charge in [-0.3, -0.25) is 10.0 Å². The third-order valence-corrected chi connectivity index (χ3v) is 9.28. The smallest absolute Gasteiger partial charge is 0.286 e. The van der Waals surface area contributed by atoms with Crippen molar-refractivity contribution in [1.29, 1.82) is 0 Å². The summed E-state index contributed by atoms with van der Waals surface area (Å²) in [5.74, 6) is -2.55. The number of aromatic nitrogens is 2. The first-order chi connectivity index (χ1) is 18.1. The van der Waals surface area contributed by atoms with Crippen LogP contribution in [0.5, 0.6) is 0 Å². The monoisotopic (exact) mass is 578 g/mol. The lowest BCUT2D eigenvalue weighted by Crippen LogP contribution is -2.53. The van der Waals surface area contributed by atoms with Crippen molar-refractivity contribution in [2.75, 3.05) is 18.8 Å². The van der Waals surface area contributed by atoms with Crippen LogP contribution in [-0.2, 0) is 27.4 Å². The molecule has 3 rings (SSSR count). The minimum absolute atomic E-state index is 0.00845. The molecule has 2 aromatic rings. The van der Waals surface area contributed by atoms with Gasteiger partial charge >= 0.3 is 6.18 Å². The summed E-state index contributed by atoms with van der Waals surface area (Å²) in [6, 6.07) is 2.60. The number of carbonyl (C=O) groups is 1. The van der Waals surface area contributed by atoms with Gasteiger partial charge in [0.05, 0.1) is 29.2 Å². The molecule has 0 spiro atoms. The van der Waals surface area contributed by atoms with Crippen molar-refractivity contribution >= 4 is 16.4 Å². The molecule has 1 aromatic carbocycles. The average molecular weight is 579 g/mol. The predicted molar refractivity (Wildman–Crippen MR) is 131 cm³/mol. The first kappa shape index (κ1) is 30.8. The number of hydrogen-bond acceptors (Lipinski definition) is 6. The second kappa shape index (κ2) is 12.2. The highest BCUT2D eigenvalue weighted by molar-refractivity contribution is 7.89. The highest BCUT2D eigenvalue weighted by atomic mass is 32.2. The minimum Gasteiger partial charge on any atom is -0.286 e. The summed E-state index contributed by atoms with van der Waals surface area (Å²) in [5.41, 5.74) is -2.57. The van der Waals surface area contributed by atoms with Crippen LogP contribution in [0, 0.1) is 17.6 Å². The van der Waals surface area contributed by atoms with E-state index in [0.717, 1.165) is 24.5 Å². The van der Waals surface area contributed by atoms with E-state index in [-0.39, 0.29) is 49.6 Å². The number of benzene rings is 1. The van der Waals surface area contributed by atoms with E-state index in [4.69, 9.17) is 0 Å². The summed E-state index contributed by atoms with van der Waals surface area (Å²) < 4.78 is 94.2. The van der Waals surface area contributed by atoms with E-state index in [2.05, 4.69) is 9.97 Å². The predicted octanol–water partition coefficient (Wildman–Crippen LogP) is 4.55. The lowest BCUT2D eigenvalue weighted by molar-refractivity contribution is -0.175. The molecule has 1 amide bonds. The molecule has 1 saturated heterocycles. The Bertz CT molecular complexity index is 1240. The summed E-state index contributed by atoms with van der Waals surface area (Å²) in [4.78, 5) is 19.2. The number of rotatable bonds is 11. The molecule has 1 N–H and O–H groups in total. The number of hydrogen-bond donors (Lipinski definition) is 1. The van der Waals surface area contributed by atoms with Crippen molar-refractivity contribution in [3.8, 4) is 0 Å². The van der Waals surface area contributed by atoms with Crippen molar-refractivity contribution < 1.29 is 40.4 Å². The summed E-state index contributed by atoms with van der Waals surface area (Å²) in [5, 5.41) is 10.6. The minimum atomic E-state index is -4.68. The fourth-order valence-corrected chi connectivity index (χ4v) is 7.01. The van der Waals surface area contributed by atoms with E-state index < -0.39 is 50.6 Å². The van der Waals surface area contributed by atoms with Gasteiger partial charge in [-0.05, 0) is 62.6 Å². The third kappa shape index (κ3) is 7.92. The standard InChI is InChI=1S/C25H31F5N4O4S/c1-17(23-31-13-21(27)14-32-23)12-24(2,34(36)16-35)15-39(37,38)33-9-7-18(8-10-33)3-4-19-5-6-20(26)11-22(19)25(28,29)30/h5-6,11,13-14,16-18,36H,3-4,7-10,12,15H2,1-2H3/t17-,24-/m0/s1. The molecule has 39 heavy (non-hydrogen) atoms. The van der Waals surface area contributed by atoms with Crippen LogP contribution < -0.4 is 0 Å². The maximum absolute atomic E-state index is 13.4. The number of sulfonamides is 1. The van der Waals surface area contributed by atoms with Gasteiger partial charge in [0, 0.05) is 19.0 Å². The van der Waals surface area contributed by atoms with E-state index in [1.165, 1.54) is 11.2 Å². The van der Waals surface area contributed by atoms with Crippen LogP contribution in [0.3, 0.4) is 0 Å². The van der Waals surface area contributed by atoms with Gasteiger partial charge in [-0.15, -0.1) is 0 Å².